The minimum absolute atomic E-state index is 0.0175. The lowest BCUT2D eigenvalue weighted by Gasteiger charge is -2.09. The van der Waals surface area contributed by atoms with Crippen LogP contribution in [0.3, 0.4) is 0 Å². The first-order chi connectivity index (χ1) is 38.7. The molecule has 0 heterocycles. The van der Waals surface area contributed by atoms with Crippen molar-refractivity contribution in [1.29, 1.82) is 0 Å². The summed E-state index contributed by atoms with van der Waals surface area (Å²) in [5.74, 6) is 0.638. The number of unbranched alkanes of at least 4 members (excludes halogenated alkanes) is 1. The Kier molecular flexibility index (Phi) is 71.7. The number of rotatable bonds is 72. The second-order valence-electron chi connectivity index (χ2n) is 16.2. The van der Waals surface area contributed by atoms with Gasteiger partial charge in [-0.1, -0.05) is 6.42 Å². The fourth-order valence-corrected chi connectivity index (χ4v) is 6.62. The molecular weight excluding hydrogens is 1070 g/mol. The van der Waals surface area contributed by atoms with Gasteiger partial charge < -0.3 is 109 Å². The van der Waals surface area contributed by atoms with Crippen LogP contribution in [0.25, 0.3) is 0 Å². The van der Waals surface area contributed by atoms with Crippen molar-refractivity contribution in [2.75, 3.05) is 296 Å². The highest BCUT2D eigenvalue weighted by Gasteiger charge is 2.06. The van der Waals surface area contributed by atoms with Gasteiger partial charge in [0.15, 0.2) is 0 Å². The molecule has 0 aliphatic heterocycles. The molecule has 0 bridgehead atoms. The van der Waals surface area contributed by atoms with Crippen molar-refractivity contribution in [3.8, 4) is 0 Å². The van der Waals surface area contributed by atoms with E-state index in [4.69, 9.17) is 109 Å². The van der Waals surface area contributed by atoms with Gasteiger partial charge in [-0.05, 0) is 25.0 Å². The summed E-state index contributed by atoms with van der Waals surface area (Å²) in [5, 5.41) is 8.96. The molecule has 0 rings (SSSR count). The number of carbonyl (C=O) groups excluding carboxylic acids is 1. The van der Waals surface area contributed by atoms with Crippen LogP contribution in [-0.4, -0.2) is 313 Å². The molecule has 0 aliphatic carbocycles. The number of hydrogen-bond donors (Lipinski definition) is 3. The molecule has 0 aromatic carbocycles. The molecule has 468 valence electrons. The van der Waals surface area contributed by atoms with Crippen molar-refractivity contribution in [2.45, 2.75) is 37.4 Å². The highest BCUT2D eigenvalue weighted by molar-refractivity contribution is 7.81. The van der Waals surface area contributed by atoms with Crippen LogP contribution in [0.4, 0.5) is 0 Å². The summed E-state index contributed by atoms with van der Waals surface area (Å²) >= 11 is 8.71. The number of ether oxygens (including phenoxy) is 22. The molecule has 26 heteroatoms. The highest BCUT2D eigenvalue weighted by Crippen LogP contribution is 2.13. The first kappa shape index (κ1) is 77.3. The summed E-state index contributed by atoms with van der Waals surface area (Å²) in [7, 11) is 0. The molecule has 0 spiro atoms. The molecule has 1 N–H and O–H groups in total. The minimum atomic E-state index is -0.192. The van der Waals surface area contributed by atoms with Crippen LogP contribution in [0, 0.1) is 0 Å². The van der Waals surface area contributed by atoms with Gasteiger partial charge in [0.05, 0.1) is 284 Å². The number of hydrogen-bond acceptors (Lipinski definition) is 26. The molecule has 1 atom stereocenters. The topological polar surface area (TPSA) is 240 Å². The number of esters is 1. The average Bonchev–Trinajstić information content (AvgIpc) is 3.44. The third-order valence-electron chi connectivity index (χ3n) is 9.80. The van der Waals surface area contributed by atoms with Crippen LogP contribution in [0.1, 0.15) is 32.1 Å². The Morgan fingerprint density at radius 3 is 0.628 bits per heavy atom. The first-order valence-corrected chi connectivity index (χ1v) is 29.0. The van der Waals surface area contributed by atoms with Crippen LogP contribution < -0.4 is 0 Å². The quantitative estimate of drug-likeness (QED) is 0.0449. The molecule has 78 heavy (non-hydrogen) atoms. The number of aliphatic hydroxyl groups excluding tert-OH is 1. The number of thiol groups is 2. The smallest absolute Gasteiger partial charge is 0.305 e. The fraction of sp³-hybridized carbons (Fsp3) is 0.981. The second-order valence-corrected chi connectivity index (χ2v) is 17.4. The Balaban J connectivity index is 3.10. The van der Waals surface area contributed by atoms with Crippen molar-refractivity contribution < 1.29 is 114 Å². The summed E-state index contributed by atoms with van der Waals surface area (Å²) in [5.41, 5.74) is 0. The Morgan fingerprint density at radius 2 is 0.449 bits per heavy atom. The summed E-state index contributed by atoms with van der Waals surface area (Å²) in [6.07, 6.45) is 4.16. The lowest BCUT2D eigenvalue weighted by atomic mass is 10.1. The SMILES string of the molecule is O=C(CCCCC(S)CCS)OCCOCCOCCOCCOCCOCCOCCOCCOCCOCCOCCOCCOCCOCCOCCOCCOCCOCCOCCOCCOCCOCCO. The predicted molar refractivity (Wildman–Crippen MR) is 295 cm³/mol. The van der Waals surface area contributed by atoms with E-state index >= 15 is 0 Å². The normalized spacial score (nSPS) is 12.1. The van der Waals surface area contributed by atoms with Crippen LogP contribution in [0.2, 0.25) is 0 Å². The molecule has 0 aliphatic rings. The van der Waals surface area contributed by atoms with Gasteiger partial charge in [0.25, 0.3) is 0 Å². The molecule has 24 nitrogen and oxygen atoms in total. The van der Waals surface area contributed by atoms with E-state index in [0.717, 1.165) is 31.4 Å². The van der Waals surface area contributed by atoms with Gasteiger partial charge >= 0.3 is 5.97 Å². The summed E-state index contributed by atoms with van der Waals surface area (Å²) in [6.45, 7) is 20.2. The Bertz CT molecular complexity index is 1100. The predicted octanol–water partition coefficient (Wildman–Crippen LogP) is 2.05. The monoisotopic (exact) mass is 1180 g/mol. The van der Waals surface area contributed by atoms with Crippen LogP contribution in [-0.2, 0) is 109 Å². The maximum atomic E-state index is 11.8. The van der Waals surface area contributed by atoms with Gasteiger partial charge in [0.2, 0.25) is 0 Å². The Hall–Kier alpha value is -0.710. The van der Waals surface area contributed by atoms with E-state index in [-0.39, 0.29) is 19.2 Å². The summed E-state index contributed by atoms with van der Waals surface area (Å²) in [6, 6.07) is 0. The van der Waals surface area contributed by atoms with E-state index in [1.54, 1.807) is 0 Å². The third kappa shape index (κ3) is 71.4. The van der Waals surface area contributed by atoms with E-state index in [1.807, 2.05) is 0 Å². The van der Waals surface area contributed by atoms with Crippen molar-refractivity contribution >= 4 is 31.2 Å². The zero-order valence-corrected chi connectivity index (χ0v) is 49.0. The zero-order valence-electron chi connectivity index (χ0n) is 47.2. The van der Waals surface area contributed by atoms with Crippen LogP contribution in [0.5, 0.6) is 0 Å². The molecule has 0 aromatic rings. The second kappa shape index (κ2) is 72.4. The van der Waals surface area contributed by atoms with Crippen molar-refractivity contribution in [3.63, 3.8) is 0 Å². The van der Waals surface area contributed by atoms with E-state index in [2.05, 4.69) is 25.3 Å². The molecule has 0 saturated carbocycles. The first-order valence-electron chi connectivity index (χ1n) is 27.9. The standard InChI is InChI=1S/C52H104O24S2/c53-6-7-55-8-9-56-10-11-57-12-13-58-14-15-59-16-17-60-18-19-61-20-21-62-22-23-63-24-25-64-26-27-65-28-29-66-30-31-67-32-33-68-34-35-69-36-37-70-38-39-71-40-41-72-42-43-73-44-45-74-46-47-75-48-49-76-52(54)4-2-1-3-51(78)5-50-77/h51,53,77-78H,1-50H2. The lowest BCUT2D eigenvalue weighted by molar-refractivity contribution is -0.145. The molecule has 0 fully saturated rings. The van der Waals surface area contributed by atoms with Gasteiger partial charge in [0, 0.05) is 11.7 Å². The van der Waals surface area contributed by atoms with Crippen molar-refractivity contribution in [3.05, 3.63) is 0 Å². The average molecular weight is 1180 g/mol. The molecular formula is C52H104O24S2. The van der Waals surface area contributed by atoms with E-state index in [9.17, 15) is 4.79 Å². The van der Waals surface area contributed by atoms with Crippen LogP contribution in [0.15, 0.2) is 0 Å². The fourth-order valence-electron chi connectivity index (χ4n) is 5.79. The highest BCUT2D eigenvalue weighted by atomic mass is 32.1. The summed E-state index contributed by atoms with van der Waals surface area (Å²) in [4.78, 5) is 11.8. The maximum Gasteiger partial charge on any atom is 0.305 e. The van der Waals surface area contributed by atoms with Gasteiger partial charge in [0.1, 0.15) is 6.61 Å². The van der Waals surface area contributed by atoms with Gasteiger partial charge in [-0.25, -0.2) is 0 Å². The number of aliphatic hydroxyl groups is 1. The van der Waals surface area contributed by atoms with Gasteiger partial charge in [-0.2, -0.15) is 25.3 Å². The summed E-state index contributed by atoms with van der Waals surface area (Å²) < 4.78 is 120. The van der Waals surface area contributed by atoms with E-state index in [1.165, 1.54) is 0 Å². The van der Waals surface area contributed by atoms with E-state index < -0.39 is 0 Å². The molecule has 0 amide bonds. The largest absolute Gasteiger partial charge is 0.463 e. The van der Waals surface area contributed by atoms with Gasteiger partial charge in [-0.15, -0.1) is 0 Å². The van der Waals surface area contributed by atoms with Crippen molar-refractivity contribution in [1.82, 2.24) is 0 Å². The maximum absolute atomic E-state index is 11.8. The van der Waals surface area contributed by atoms with E-state index in [0.29, 0.717) is 289 Å². The Labute approximate surface area is 477 Å². The van der Waals surface area contributed by atoms with Crippen molar-refractivity contribution in [2.24, 2.45) is 0 Å². The molecule has 0 saturated heterocycles. The zero-order chi connectivity index (χ0) is 56.1. The number of carbonyl (C=O) groups is 1. The Morgan fingerprint density at radius 1 is 0.269 bits per heavy atom. The van der Waals surface area contributed by atoms with Crippen LogP contribution >= 0.6 is 25.3 Å². The molecule has 0 aromatic heterocycles. The molecule has 0 radical (unpaired) electrons. The van der Waals surface area contributed by atoms with Gasteiger partial charge in [-0.3, -0.25) is 4.79 Å². The third-order valence-corrected chi connectivity index (χ3v) is 10.6. The minimum Gasteiger partial charge on any atom is -0.463 e. The lowest BCUT2D eigenvalue weighted by Crippen LogP contribution is -2.16. The molecule has 1 unspecified atom stereocenters.